The molecule has 0 unspecified atom stereocenters. The minimum atomic E-state index is 0.617. The highest BCUT2D eigenvalue weighted by Gasteiger charge is 2.15. The average Bonchev–Trinajstić information content (AvgIpc) is 2.50. The normalized spacial score (nSPS) is 16.9. The fourth-order valence-electron chi connectivity index (χ4n) is 2.97. The zero-order chi connectivity index (χ0) is 14.7. The molecule has 3 rings (SSSR count). The molecule has 1 heterocycles. The third-order valence-electron chi connectivity index (χ3n) is 4.33. The van der Waals surface area contributed by atoms with Crippen LogP contribution in [0.4, 0.5) is 5.69 Å². The zero-order valence-corrected chi connectivity index (χ0v) is 13.0. The first kappa shape index (κ1) is 14.2. The fraction of sp³-hybridized carbons (Fsp3) is 0.368. The van der Waals surface area contributed by atoms with Crippen LogP contribution >= 0.6 is 0 Å². The second-order valence-electron chi connectivity index (χ2n) is 6.17. The predicted molar refractivity (Wildman–Crippen MR) is 90.8 cm³/mol. The van der Waals surface area contributed by atoms with E-state index in [1.807, 2.05) is 0 Å². The van der Waals surface area contributed by atoms with Crippen LogP contribution in [0.15, 0.2) is 48.5 Å². The summed E-state index contributed by atoms with van der Waals surface area (Å²) in [5, 5.41) is 3.66. The number of rotatable bonds is 3. The maximum absolute atomic E-state index is 3.66. The van der Waals surface area contributed by atoms with Crippen LogP contribution in [-0.2, 0) is 0 Å². The van der Waals surface area contributed by atoms with E-state index in [-0.39, 0.29) is 0 Å². The Bertz CT molecular complexity index is 581. The standard InChI is InChI=1S/C19H24N2/c1-15-4-3-5-17(14-15)16-6-8-18(9-7-16)20-19-10-12-21(2)13-11-19/h3-9,14,19-20H,10-13H2,1-2H3. The topological polar surface area (TPSA) is 15.3 Å². The molecule has 1 aliphatic rings. The van der Waals surface area contributed by atoms with Crippen molar-refractivity contribution in [2.24, 2.45) is 0 Å². The van der Waals surface area contributed by atoms with Crippen LogP contribution in [0, 0.1) is 6.92 Å². The molecule has 0 saturated carbocycles. The van der Waals surface area contributed by atoms with Crippen LogP contribution in [0.5, 0.6) is 0 Å². The zero-order valence-electron chi connectivity index (χ0n) is 13.0. The molecule has 0 amide bonds. The fourth-order valence-corrected chi connectivity index (χ4v) is 2.97. The van der Waals surface area contributed by atoms with Gasteiger partial charge in [0.2, 0.25) is 0 Å². The van der Waals surface area contributed by atoms with Gasteiger partial charge >= 0.3 is 0 Å². The van der Waals surface area contributed by atoms with Crippen molar-refractivity contribution >= 4 is 5.69 Å². The molecular formula is C19H24N2. The number of anilines is 1. The first-order valence-corrected chi connectivity index (χ1v) is 7.83. The predicted octanol–water partition coefficient (Wildman–Crippen LogP) is 4.17. The highest BCUT2D eigenvalue weighted by molar-refractivity contribution is 5.66. The molecule has 0 radical (unpaired) electrons. The van der Waals surface area contributed by atoms with Crippen molar-refractivity contribution in [3.8, 4) is 11.1 Å². The number of nitrogens with one attached hydrogen (secondary N) is 1. The summed E-state index contributed by atoms with van der Waals surface area (Å²) in [6.45, 7) is 4.53. The Kier molecular flexibility index (Phi) is 4.26. The third kappa shape index (κ3) is 3.64. The Morgan fingerprint density at radius 3 is 2.33 bits per heavy atom. The molecule has 1 aliphatic heterocycles. The minimum Gasteiger partial charge on any atom is -0.382 e. The third-order valence-corrected chi connectivity index (χ3v) is 4.33. The van der Waals surface area contributed by atoms with E-state index in [4.69, 9.17) is 0 Å². The lowest BCUT2D eigenvalue weighted by Crippen LogP contribution is -2.36. The van der Waals surface area contributed by atoms with E-state index >= 15 is 0 Å². The average molecular weight is 280 g/mol. The summed E-state index contributed by atoms with van der Waals surface area (Å²) in [5.41, 5.74) is 5.12. The Hall–Kier alpha value is -1.80. The Morgan fingerprint density at radius 2 is 1.67 bits per heavy atom. The molecule has 1 fully saturated rings. The number of nitrogens with zero attached hydrogens (tertiary/aromatic N) is 1. The van der Waals surface area contributed by atoms with E-state index in [2.05, 4.69) is 72.7 Å². The van der Waals surface area contributed by atoms with Gasteiger partial charge in [0.05, 0.1) is 0 Å². The van der Waals surface area contributed by atoms with Gasteiger partial charge in [-0.05, 0) is 63.2 Å². The highest BCUT2D eigenvalue weighted by Crippen LogP contribution is 2.23. The molecule has 0 aromatic heterocycles. The van der Waals surface area contributed by atoms with E-state index in [9.17, 15) is 0 Å². The lowest BCUT2D eigenvalue weighted by molar-refractivity contribution is 0.264. The largest absolute Gasteiger partial charge is 0.382 e. The number of hydrogen-bond donors (Lipinski definition) is 1. The van der Waals surface area contributed by atoms with Gasteiger partial charge in [0.1, 0.15) is 0 Å². The number of hydrogen-bond acceptors (Lipinski definition) is 2. The molecule has 0 bridgehead atoms. The molecule has 2 aromatic rings. The van der Waals surface area contributed by atoms with Gasteiger partial charge in [-0.25, -0.2) is 0 Å². The summed E-state index contributed by atoms with van der Waals surface area (Å²) in [5.74, 6) is 0. The van der Waals surface area contributed by atoms with Crippen LogP contribution in [0.25, 0.3) is 11.1 Å². The SMILES string of the molecule is Cc1cccc(-c2ccc(NC3CCN(C)CC3)cc2)c1. The van der Waals surface area contributed by atoms with Crippen LogP contribution in [0.1, 0.15) is 18.4 Å². The maximum Gasteiger partial charge on any atom is 0.0342 e. The molecule has 0 aliphatic carbocycles. The Labute approximate surface area is 127 Å². The van der Waals surface area contributed by atoms with Gasteiger partial charge in [-0.3, -0.25) is 0 Å². The van der Waals surface area contributed by atoms with Gasteiger partial charge in [-0.15, -0.1) is 0 Å². The second kappa shape index (κ2) is 6.31. The smallest absolute Gasteiger partial charge is 0.0342 e. The summed E-state index contributed by atoms with van der Waals surface area (Å²) in [6, 6.07) is 18.1. The molecule has 2 aromatic carbocycles. The minimum absolute atomic E-state index is 0.617. The Balaban J connectivity index is 1.67. The van der Waals surface area contributed by atoms with Crippen molar-refractivity contribution in [1.82, 2.24) is 4.90 Å². The number of benzene rings is 2. The Morgan fingerprint density at radius 1 is 0.952 bits per heavy atom. The molecule has 110 valence electrons. The van der Waals surface area contributed by atoms with Crippen molar-refractivity contribution in [3.63, 3.8) is 0 Å². The van der Waals surface area contributed by atoms with Gasteiger partial charge in [-0.1, -0.05) is 42.0 Å². The molecular weight excluding hydrogens is 256 g/mol. The molecule has 0 spiro atoms. The lowest BCUT2D eigenvalue weighted by atomic mass is 10.0. The van der Waals surface area contributed by atoms with Crippen LogP contribution in [0.3, 0.4) is 0 Å². The quantitative estimate of drug-likeness (QED) is 0.908. The van der Waals surface area contributed by atoms with E-state index in [1.54, 1.807) is 0 Å². The van der Waals surface area contributed by atoms with Gasteiger partial charge in [-0.2, -0.15) is 0 Å². The highest BCUT2D eigenvalue weighted by atomic mass is 15.1. The van der Waals surface area contributed by atoms with Gasteiger partial charge < -0.3 is 10.2 Å². The van der Waals surface area contributed by atoms with Crippen molar-refractivity contribution in [3.05, 3.63) is 54.1 Å². The molecule has 1 saturated heterocycles. The van der Waals surface area contributed by atoms with E-state index in [0.717, 1.165) is 0 Å². The number of piperidine rings is 1. The molecule has 0 atom stereocenters. The number of aryl methyl sites for hydroxylation is 1. The van der Waals surface area contributed by atoms with Crippen molar-refractivity contribution < 1.29 is 0 Å². The van der Waals surface area contributed by atoms with E-state index < -0.39 is 0 Å². The molecule has 1 N–H and O–H groups in total. The van der Waals surface area contributed by atoms with Crippen molar-refractivity contribution in [2.75, 3.05) is 25.5 Å². The monoisotopic (exact) mass is 280 g/mol. The number of likely N-dealkylation sites (tertiary alicyclic amines) is 1. The molecule has 2 nitrogen and oxygen atoms in total. The first-order valence-electron chi connectivity index (χ1n) is 7.83. The second-order valence-corrected chi connectivity index (χ2v) is 6.17. The molecule has 21 heavy (non-hydrogen) atoms. The van der Waals surface area contributed by atoms with Crippen LogP contribution in [-0.4, -0.2) is 31.1 Å². The van der Waals surface area contributed by atoms with E-state index in [1.165, 1.54) is 48.3 Å². The summed E-state index contributed by atoms with van der Waals surface area (Å²) in [6.07, 6.45) is 2.46. The lowest BCUT2D eigenvalue weighted by Gasteiger charge is -2.30. The maximum atomic E-state index is 3.66. The summed E-state index contributed by atoms with van der Waals surface area (Å²) in [4.78, 5) is 2.40. The van der Waals surface area contributed by atoms with Crippen LogP contribution in [0.2, 0.25) is 0 Å². The molecule has 2 heteroatoms. The van der Waals surface area contributed by atoms with Gasteiger partial charge in [0.15, 0.2) is 0 Å². The van der Waals surface area contributed by atoms with Crippen molar-refractivity contribution in [1.29, 1.82) is 0 Å². The first-order chi connectivity index (χ1) is 10.2. The van der Waals surface area contributed by atoms with Crippen LogP contribution < -0.4 is 5.32 Å². The van der Waals surface area contributed by atoms with E-state index in [0.29, 0.717) is 6.04 Å². The summed E-state index contributed by atoms with van der Waals surface area (Å²) < 4.78 is 0. The summed E-state index contributed by atoms with van der Waals surface area (Å²) in [7, 11) is 2.20. The van der Waals surface area contributed by atoms with Crippen molar-refractivity contribution in [2.45, 2.75) is 25.8 Å². The van der Waals surface area contributed by atoms with Gasteiger partial charge in [0, 0.05) is 11.7 Å². The van der Waals surface area contributed by atoms with Gasteiger partial charge in [0.25, 0.3) is 0 Å². The summed E-state index contributed by atoms with van der Waals surface area (Å²) >= 11 is 0.